The maximum atomic E-state index is 12.7. The number of benzene rings is 1. The molecule has 2 aromatic rings. The molecule has 0 saturated heterocycles. The van der Waals surface area contributed by atoms with E-state index in [0.29, 0.717) is 10.2 Å². The van der Waals surface area contributed by atoms with E-state index in [0.717, 1.165) is 22.5 Å². The van der Waals surface area contributed by atoms with Gasteiger partial charge in [-0.3, -0.25) is 0 Å². The van der Waals surface area contributed by atoms with Gasteiger partial charge < -0.3 is 0 Å². The maximum Gasteiger partial charge on any atom is 0.359 e. The van der Waals surface area contributed by atoms with Crippen LogP contribution in [0.15, 0.2) is 16.5 Å². The standard InChI is InChI=1S/C9H8FNO2S2/c1-5-3-6(2)8-7(4-5)14-9(11-8)15(10,12)13/h3-4H,1-2H3. The minimum Gasteiger partial charge on any atom is -0.222 e. The van der Waals surface area contributed by atoms with Crippen LogP contribution in [-0.2, 0) is 10.2 Å². The van der Waals surface area contributed by atoms with Gasteiger partial charge in [0.15, 0.2) is 0 Å². The SMILES string of the molecule is Cc1cc(C)c2nc(S(=O)(=O)F)sc2c1. The lowest BCUT2D eigenvalue weighted by atomic mass is 10.1. The number of hydrogen-bond donors (Lipinski definition) is 0. The fraction of sp³-hybridized carbons (Fsp3) is 0.222. The second-order valence-electron chi connectivity index (χ2n) is 3.35. The molecule has 0 aliphatic heterocycles. The van der Waals surface area contributed by atoms with Gasteiger partial charge in [0, 0.05) is 0 Å². The number of thiazole rings is 1. The summed E-state index contributed by atoms with van der Waals surface area (Å²) in [7, 11) is -4.69. The number of rotatable bonds is 1. The van der Waals surface area contributed by atoms with Gasteiger partial charge in [-0.05, 0) is 31.0 Å². The molecule has 15 heavy (non-hydrogen) atoms. The number of hydrogen-bond acceptors (Lipinski definition) is 4. The molecule has 0 N–H and O–H groups in total. The van der Waals surface area contributed by atoms with E-state index in [9.17, 15) is 12.3 Å². The van der Waals surface area contributed by atoms with Crippen molar-refractivity contribution in [1.82, 2.24) is 4.98 Å². The monoisotopic (exact) mass is 245 g/mol. The van der Waals surface area contributed by atoms with Gasteiger partial charge in [-0.2, -0.15) is 8.42 Å². The third kappa shape index (κ3) is 1.87. The van der Waals surface area contributed by atoms with E-state index in [2.05, 4.69) is 4.98 Å². The molecule has 1 aromatic carbocycles. The molecular weight excluding hydrogens is 237 g/mol. The Morgan fingerprint density at radius 1 is 1.33 bits per heavy atom. The fourth-order valence-corrected chi connectivity index (χ4v) is 3.20. The molecule has 0 fully saturated rings. The Bertz CT molecular complexity index is 631. The van der Waals surface area contributed by atoms with Gasteiger partial charge in [0.25, 0.3) is 0 Å². The van der Waals surface area contributed by atoms with Crippen LogP contribution in [0.1, 0.15) is 11.1 Å². The quantitative estimate of drug-likeness (QED) is 0.725. The minimum atomic E-state index is -4.69. The van der Waals surface area contributed by atoms with Gasteiger partial charge in [-0.15, -0.1) is 11.3 Å². The average molecular weight is 245 g/mol. The molecule has 1 aromatic heterocycles. The number of aromatic nitrogens is 1. The van der Waals surface area contributed by atoms with E-state index in [1.54, 1.807) is 6.07 Å². The van der Waals surface area contributed by atoms with Crippen molar-refractivity contribution in [2.45, 2.75) is 18.2 Å². The van der Waals surface area contributed by atoms with Crippen LogP contribution in [0.25, 0.3) is 10.2 Å². The lowest BCUT2D eigenvalue weighted by molar-refractivity contribution is 0.551. The molecule has 6 heteroatoms. The Hall–Kier alpha value is -1.01. The summed E-state index contributed by atoms with van der Waals surface area (Å²) in [5, 5.41) is 0. The van der Waals surface area contributed by atoms with E-state index >= 15 is 0 Å². The van der Waals surface area contributed by atoms with Crippen LogP contribution in [0, 0.1) is 13.8 Å². The lowest BCUT2D eigenvalue weighted by Gasteiger charge is -1.95. The van der Waals surface area contributed by atoms with Crippen molar-refractivity contribution in [2.24, 2.45) is 0 Å². The van der Waals surface area contributed by atoms with Gasteiger partial charge in [0.2, 0.25) is 4.34 Å². The van der Waals surface area contributed by atoms with Crippen molar-refractivity contribution in [2.75, 3.05) is 0 Å². The summed E-state index contributed by atoms with van der Waals surface area (Å²) < 4.78 is 34.3. The van der Waals surface area contributed by atoms with Crippen molar-refractivity contribution in [3.63, 3.8) is 0 Å². The predicted molar refractivity (Wildman–Crippen MR) is 57.4 cm³/mol. The lowest BCUT2D eigenvalue weighted by Crippen LogP contribution is -1.89. The Kier molecular flexibility index (Phi) is 2.27. The highest BCUT2D eigenvalue weighted by molar-refractivity contribution is 7.88. The molecule has 1 heterocycles. The average Bonchev–Trinajstić information content (AvgIpc) is 2.46. The van der Waals surface area contributed by atoms with Crippen LogP contribution in [0.2, 0.25) is 0 Å². The molecule has 0 radical (unpaired) electrons. The van der Waals surface area contributed by atoms with E-state index in [1.807, 2.05) is 19.9 Å². The van der Waals surface area contributed by atoms with Crippen molar-refractivity contribution in [3.8, 4) is 0 Å². The number of halogens is 1. The first-order valence-corrected chi connectivity index (χ1v) is 6.40. The van der Waals surface area contributed by atoms with Gasteiger partial charge in [-0.1, -0.05) is 9.95 Å². The van der Waals surface area contributed by atoms with Gasteiger partial charge >= 0.3 is 10.2 Å². The summed E-state index contributed by atoms with van der Waals surface area (Å²) in [5.41, 5.74) is 2.42. The third-order valence-corrected chi connectivity index (χ3v) is 4.17. The van der Waals surface area contributed by atoms with Crippen LogP contribution >= 0.6 is 11.3 Å². The first kappa shape index (κ1) is 10.5. The van der Waals surface area contributed by atoms with Crippen molar-refractivity contribution < 1.29 is 12.3 Å². The van der Waals surface area contributed by atoms with Gasteiger partial charge in [0.05, 0.1) is 10.2 Å². The molecule has 3 nitrogen and oxygen atoms in total. The molecular formula is C9H8FNO2S2. The Balaban J connectivity index is 2.82. The number of fused-ring (bicyclic) bond motifs is 1. The topological polar surface area (TPSA) is 47.0 Å². The Morgan fingerprint density at radius 3 is 2.60 bits per heavy atom. The second-order valence-corrected chi connectivity index (χ2v) is 5.90. The maximum absolute atomic E-state index is 12.7. The molecule has 0 atom stereocenters. The van der Waals surface area contributed by atoms with Gasteiger partial charge in [-0.25, -0.2) is 4.98 Å². The van der Waals surface area contributed by atoms with Gasteiger partial charge in [0.1, 0.15) is 0 Å². The highest BCUT2D eigenvalue weighted by Gasteiger charge is 2.18. The van der Waals surface area contributed by atoms with E-state index in [4.69, 9.17) is 0 Å². The molecule has 0 unspecified atom stereocenters. The fourth-order valence-electron chi connectivity index (χ4n) is 1.45. The van der Waals surface area contributed by atoms with Crippen LogP contribution in [-0.4, -0.2) is 13.4 Å². The highest BCUT2D eigenvalue weighted by atomic mass is 32.3. The molecule has 0 aliphatic rings. The minimum absolute atomic E-state index is 0.466. The zero-order valence-corrected chi connectivity index (χ0v) is 9.75. The van der Waals surface area contributed by atoms with E-state index in [-0.39, 0.29) is 0 Å². The summed E-state index contributed by atoms with van der Waals surface area (Å²) in [5.74, 6) is 0. The van der Waals surface area contributed by atoms with E-state index in [1.165, 1.54) is 0 Å². The zero-order chi connectivity index (χ0) is 11.2. The van der Waals surface area contributed by atoms with Crippen LogP contribution < -0.4 is 0 Å². The Morgan fingerprint density at radius 2 is 2.00 bits per heavy atom. The molecule has 0 spiro atoms. The first-order chi connectivity index (χ1) is 6.88. The second kappa shape index (κ2) is 3.24. The molecule has 80 valence electrons. The first-order valence-electron chi connectivity index (χ1n) is 4.20. The largest absolute Gasteiger partial charge is 0.359 e. The number of aryl methyl sites for hydroxylation is 2. The van der Waals surface area contributed by atoms with Crippen molar-refractivity contribution in [1.29, 1.82) is 0 Å². The smallest absolute Gasteiger partial charge is 0.222 e. The summed E-state index contributed by atoms with van der Waals surface area (Å²) in [6.07, 6.45) is 0. The summed E-state index contributed by atoms with van der Waals surface area (Å²) in [6.45, 7) is 3.72. The summed E-state index contributed by atoms with van der Waals surface area (Å²) >= 11 is 0.858. The molecule has 0 amide bonds. The molecule has 0 saturated carbocycles. The van der Waals surface area contributed by atoms with Crippen LogP contribution in [0.3, 0.4) is 0 Å². The van der Waals surface area contributed by atoms with Crippen LogP contribution in [0.5, 0.6) is 0 Å². The molecule has 0 aliphatic carbocycles. The Labute approximate surface area is 90.8 Å². The van der Waals surface area contributed by atoms with E-state index < -0.39 is 14.6 Å². The normalized spacial score (nSPS) is 12.2. The highest BCUT2D eigenvalue weighted by Crippen LogP contribution is 2.29. The predicted octanol–water partition coefficient (Wildman–Crippen LogP) is 2.57. The third-order valence-electron chi connectivity index (χ3n) is 2.02. The van der Waals surface area contributed by atoms with Crippen molar-refractivity contribution >= 4 is 31.8 Å². The molecule has 2 rings (SSSR count). The van der Waals surface area contributed by atoms with Crippen LogP contribution in [0.4, 0.5) is 3.89 Å². The van der Waals surface area contributed by atoms with Crippen molar-refractivity contribution in [3.05, 3.63) is 23.3 Å². The summed E-state index contributed by atoms with van der Waals surface area (Å²) in [4.78, 5) is 3.78. The number of nitrogens with zero attached hydrogens (tertiary/aromatic N) is 1. The zero-order valence-electron chi connectivity index (χ0n) is 8.11. The molecule has 0 bridgehead atoms. The summed E-state index contributed by atoms with van der Waals surface area (Å²) in [6, 6.07) is 3.69.